The number of ether oxygens (including phenoxy) is 1. The number of carbonyl (C=O) groups is 2. The molecule has 8 heteroatoms. The molecule has 0 aliphatic carbocycles. The molecular weight excluding hydrogens is 367 g/mol. The number of alkyl halides is 3. The third kappa shape index (κ3) is 4.81. The van der Waals surface area contributed by atoms with Crippen LogP contribution < -0.4 is 5.32 Å². The summed E-state index contributed by atoms with van der Waals surface area (Å²) in [4.78, 5) is 24.4. The highest BCUT2D eigenvalue weighted by Gasteiger charge is 2.39. The van der Waals surface area contributed by atoms with Crippen LogP contribution in [-0.4, -0.2) is 30.0 Å². The third-order valence-corrected chi connectivity index (χ3v) is 4.86. The maximum Gasteiger partial charge on any atom is 0.416 e. The Hall–Kier alpha value is -1.96. The smallest absolute Gasteiger partial charge is 0.416 e. The van der Waals surface area contributed by atoms with E-state index in [0.717, 1.165) is 11.8 Å². The largest absolute Gasteiger partial charge is 0.461 e. The van der Waals surface area contributed by atoms with Crippen molar-refractivity contribution >= 4 is 23.6 Å². The fourth-order valence-corrected chi connectivity index (χ4v) is 3.40. The number of rotatable bonds is 6. The number of esters is 1. The van der Waals surface area contributed by atoms with Crippen molar-refractivity contribution in [2.24, 2.45) is 0 Å². The molecule has 1 amide bonds. The van der Waals surface area contributed by atoms with E-state index in [2.05, 4.69) is 5.32 Å². The van der Waals surface area contributed by atoms with Crippen LogP contribution in [0.2, 0.25) is 0 Å². The molecule has 4 nitrogen and oxygen atoms in total. The lowest BCUT2D eigenvalue weighted by Crippen LogP contribution is -2.35. The second-order valence-electron chi connectivity index (χ2n) is 5.76. The first-order valence-electron chi connectivity index (χ1n) is 8.17. The minimum absolute atomic E-state index is 0.0720. The fourth-order valence-electron chi connectivity index (χ4n) is 2.91. The standard InChI is InChI=1S/C18H20F3NO3S/c1-3-26-9-8-25-17(24)16-11(2)22-15(23)10-13(16)12-6-4-5-7-14(12)18(19,20)21/h4-7,13H,3,8-10H2,1-2H3,(H,22,23). The quantitative estimate of drug-likeness (QED) is 0.595. The third-order valence-electron chi connectivity index (χ3n) is 4.00. The van der Waals surface area contributed by atoms with E-state index in [1.54, 1.807) is 11.8 Å². The van der Waals surface area contributed by atoms with Crippen LogP contribution in [0.4, 0.5) is 13.2 Å². The molecule has 0 spiro atoms. The van der Waals surface area contributed by atoms with E-state index in [9.17, 15) is 22.8 Å². The number of nitrogens with one attached hydrogen (secondary N) is 1. The Bertz CT molecular complexity index is 716. The molecule has 26 heavy (non-hydrogen) atoms. The highest BCUT2D eigenvalue weighted by Crippen LogP contribution is 2.41. The van der Waals surface area contributed by atoms with Crippen molar-refractivity contribution in [1.82, 2.24) is 5.32 Å². The van der Waals surface area contributed by atoms with Gasteiger partial charge in [0, 0.05) is 23.8 Å². The van der Waals surface area contributed by atoms with Crippen LogP contribution in [0.3, 0.4) is 0 Å². The Balaban J connectivity index is 2.38. The topological polar surface area (TPSA) is 55.4 Å². The van der Waals surface area contributed by atoms with Crippen LogP contribution in [0.25, 0.3) is 0 Å². The van der Waals surface area contributed by atoms with Crippen molar-refractivity contribution in [2.75, 3.05) is 18.1 Å². The van der Waals surface area contributed by atoms with Crippen LogP contribution in [-0.2, 0) is 20.5 Å². The highest BCUT2D eigenvalue weighted by molar-refractivity contribution is 7.99. The predicted molar refractivity (Wildman–Crippen MR) is 93.6 cm³/mol. The normalized spacial score (nSPS) is 17.9. The number of allylic oxidation sites excluding steroid dienone is 1. The van der Waals surface area contributed by atoms with Gasteiger partial charge in [0.1, 0.15) is 6.61 Å². The number of benzene rings is 1. The van der Waals surface area contributed by atoms with Gasteiger partial charge in [-0.1, -0.05) is 25.1 Å². The molecule has 1 unspecified atom stereocenters. The highest BCUT2D eigenvalue weighted by atomic mass is 32.2. The zero-order valence-corrected chi connectivity index (χ0v) is 15.3. The van der Waals surface area contributed by atoms with Gasteiger partial charge in [-0.2, -0.15) is 24.9 Å². The molecule has 1 atom stereocenters. The SMILES string of the molecule is CCSCCOC(=O)C1=C(C)NC(=O)CC1c1ccccc1C(F)(F)F. The molecule has 1 N–H and O–H groups in total. The number of thioether (sulfide) groups is 1. The summed E-state index contributed by atoms with van der Waals surface area (Å²) >= 11 is 1.59. The molecule has 1 aliphatic rings. The van der Waals surface area contributed by atoms with Crippen molar-refractivity contribution in [3.8, 4) is 0 Å². The molecule has 1 heterocycles. The zero-order valence-electron chi connectivity index (χ0n) is 14.5. The van der Waals surface area contributed by atoms with E-state index in [-0.39, 0.29) is 29.9 Å². The summed E-state index contributed by atoms with van der Waals surface area (Å²) in [5.41, 5.74) is -0.636. The maximum absolute atomic E-state index is 13.4. The van der Waals surface area contributed by atoms with Gasteiger partial charge in [0.15, 0.2) is 0 Å². The molecule has 0 bridgehead atoms. The Kier molecular flexibility index (Phi) is 6.75. The lowest BCUT2D eigenvalue weighted by Gasteiger charge is -2.28. The Morgan fingerprint density at radius 2 is 2.04 bits per heavy atom. The van der Waals surface area contributed by atoms with Gasteiger partial charge in [-0.05, 0) is 24.3 Å². The molecule has 0 aromatic heterocycles. The van der Waals surface area contributed by atoms with E-state index in [1.165, 1.54) is 25.1 Å². The van der Waals surface area contributed by atoms with Gasteiger partial charge >= 0.3 is 12.1 Å². The lowest BCUT2D eigenvalue weighted by atomic mass is 9.82. The summed E-state index contributed by atoms with van der Waals surface area (Å²) in [6.07, 6.45) is -4.82. The molecule has 0 saturated carbocycles. The van der Waals surface area contributed by atoms with Gasteiger partial charge in [-0.3, -0.25) is 4.79 Å². The molecular formula is C18H20F3NO3S. The molecule has 1 aromatic rings. The van der Waals surface area contributed by atoms with Crippen molar-refractivity contribution in [1.29, 1.82) is 0 Å². The molecule has 1 aromatic carbocycles. The van der Waals surface area contributed by atoms with E-state index in [1.807, 2.05) is 6.92 Å². The van der Waals surface area contributed by atoms with Gasteiger partial charge in [0.25, 0.3) is 0 Å². The number of halogens is 3. The molecule has 1 aliphatic heterocycles. The number of hydrogen-bond donors (Lipinski definition) is 1. The summed E-state index contributed by atoms with van der Waals surface area (Å²) in [7, 11) is 0. The molecule has 0 radical (unpaired) electrons. The second kappa shape index (κ2) is 8.62. The van der Waals surface area contributed by atoms with Crippen LogP contribution >= 0.6 is 11.8 Å². The summed E-state index contributed by atoms with van der Waals surface area (Å²) < 4.78 is 45.3. The first-order chi connectivity index (χ1) is 12.3. The van der Waals surface area contributed by atoms with Crippen LogP contribution in [0.5, 0.6) is 0 Å². The summed E-state index contributed by atoms with van der Waals surface area (Å²) in [6, 6.07) is 5.01. The minimum atomic E-state index is -4.58. The van der Waals surface area contributed by atoms with E-state index in [0.29, 0.717) is 5.75 Å². The lowest BCUT2D eigenvalue weighted by molar-refractivity contribution is -0.141. The summed E-state index contributed by atoms with van der Waals surface area (Å²) in [5.74, 6) is -0.640. The van der Waals surface area contributed by atoms with Crippen LogP contribution in [0.1, 0.15) is 37.3 Å². The average Bonchev–Trinajstić information content (AvgIpc) is 2.57. The monoisotopic (exact) mass is 387 g/mol. The van der Waals surface area contributed by atoms with Crippen molar-refractivity contribution in [3.63, 3.8) is 0 Å². The summed E-state index contributed by atoms with van der Waals surface area (Å²) in [6.45, 7) is 3.63. The fraction of sp³-hybridized carbons (Fsp3) is 0.444. The zero-order chi connectivity index (χ0) is 19.3. The van der Waals surface area contributed by atoms with Gasteiger partial charge in [-0.25, -0.2) is 4.79 Å². The first-order valence-corrected chi connectivity index (χ1v) is 9.32. The van der Waals surface area contributed by atoms with Gasteiger partial charge in [-0.15, -0.1) is 0 Å². The summed E-state index contributed by atoms with van der Waals surface area (Å²) in [5, 5.41) is 2.52. The first kappa shape index (κ1) is 20.4. The van der Waals surface area contributed by atoms with Crippen molar-refractivity contribution in [3.05, 3.63) is 46.7 Å². The van der Waals surface area contributed by atoms with E-state index >= 15 is 0 Å². The number of amides is 1. The van der Waals surface area contributed by atoms with Gasteiger partial charge in [0.05, 0.1) is 11.1 Å². The van der Waals surface area contributed by atoms with Crippen molar-refractivity contribution in [2.45, 2.75) is 32.4 Å². The molecule has 2 rings (SSSR count). The van der Waals surface area contributed by atoms with Crippen LogP contribution in [0, 0.1) is 0 Å². The van der Waals surface area contributed by atoms with Crippen molar-refractivity contribution < 1.29 is 27.5 Å². The Labute approximate surface area is 154 Å². The average molecular weight is 387 g/mol. The number of hydrogen-bond acceptors (Lipinski definition) is 4. The van der Waals surface area contributed by atoms with Crippen LogP contribution in [0.15, 0.2) is 35.5 Å². The maximum atomic E-state index is 13.4. The minimum Gasteiger partial charge on any atom is -0.461 e. The second-order valence-corrected chi connectivity index (χ2v) is 7.16. The van der Waals surface area contributed by atoms with E-state index in [4.69, 9.17) is 4.74 Å². The van der Waals surface area contributed by atoms with E-state index < -0.39 is 29.5 Å². The molecule has 0 fully saturated rings. The number of carbonyl (C=O) groups excluding carboxylic acids is 2. The van der Waals surface area contributed by atoms with Gasteiger partial charge < -0.3 is 10.1 Å². The Morgan fingerprint density at radius 1 is 1.35 bits per heavy atom. The molecule has 0 saturated heterocycles. The predicted octanol–water partition coefficient (Wildman–Crippen LogP) is 3.88. The Morgan fingerprint density at radius 3 is 2.69 bits per heavy atom. The molecule has 142 valence electrons. The van der Waals surface area contributed by atoms with Gasteiger partial charge in [0.2, 0.25) is 5.91 Å².